The molecule has 0 bridgehead atoms. The van der Waals surface area contributed by atoms with Crippen LogP contribution >= 0.6 is 12.2 Å². The van der Waals surface area contributed by atoms with Crippen LogP contribution in [0, 0.1) is 0 Å². The molecule has 1 N–H and O–H groups in total. The number of rotatable bonds is 12. The molecule has 1 nitrogen and oxygen atoms in total. The molecule has 108 valence electrons. The third kappa shape index (κ3) is 19.1. The Morgan fingerprint density at radius 3 is 1.61 bits per heavy atom. The van der Waals surface area contributed by atoms with Gasteiger partial charge < -0.3 is 30.2 Å². The van der Waals surface area contributed by atoms with Crippen LogP contribution in [0.2, 0.25) is 0 Å². The molecule has 0 radical (unpaired) electrons. The average molecular weight is 370 g/mol. The fraction of sp³-hybridized carbons (Fsp3) is 0.929. The van der Waals surface area contributed by atoms with Gasteiger partial charge in [-0.2, -0.15) is 0 Å². The predicted molar refractivity (Wildman–Crippen MR) is 84.4 cm³/mol. The van der Waals surface area contributed by atoms with Crippen LogP contribution in [0.25, 0.3) is 0 Å². The summed E-state index contributed by atoms with van der Waals surface area (Å²) < 4.78 is 0.511. The summed E-state index contributed by atoms with van der Waals surface area (Å²) in [6, 6.07) is 0. The van der Waals surface area contributed by atoms with Gasteiger partial charge in [0, 0.05) is 27.6 Å². The second-order valence-electron chi connectivity index (χ2n) is 4.75. The summed E-state index contributed by atoms with van der Waals surface area (Å²) in [7, 11) is 0. The molecule has 0 rings (SSSR count). The van der Waals surface area contributed by atoms with E-state index < -0.39 is 0 Å². The third-order valence-electron chi connectivity index (χ3n) is 3.05. The van der Waals surface area contributed by atoms with Gasteiger partial charge in [-0.25, -0.2) is 0 Å². The maximum Gasteiger partial charge on any atom is 0.0132 e. The summed E-state index contributed by atoms with van der Waals surface area (Å²) in [5.74, 6) is 0. The van der Waals surface area contributed by atoms with Crippen LogP contribution in [-0.2, 0) is 33.7 Å². The Labute approximate surface area is 139 Å². The van der Waals surface area contributed by atoms with Crippen LogP contribution in [0.5, 0.6) is 0 Å². The third-order valence-corrected chi connectivity index (χ3v) is 3.34. The Hall–Kier alpha value is 0.798. The molecule has 0 heterocycles. The summed E-state index contributed by atoms with van der Waals surface area (Å²) in [5, 5.41) is 3.02. The normalized spacial score (nSPS) is 9.83. The van der Waals surface area contributed by atoms with Crippen molar-refractivity contribution in [3.05, 3.63) is 0 Å². The van der Waals surface area contributed by atoms with E-state index in [-0.39, 0.29) is 21.1 Å². The summed E-state index contributed by atoms with van der Waals surface area (Å²) >= 11 is 9.56. The molecule has 4 heteroatoms. The summed E-state index contributed by atoms with van der Waals surface area (Å²) in [5.41, 5.74) is 0. The van der Waals surface area contributed by atoms with Crippen molar-refractivity contribution < 1.29 is 21.1 Å². The van der Waals surface area contributed by atoms with Gasteiger partial charge in [0.15, 0.2) is 0 Å². The molecule has 0 aromatic heterocycles. The van der Waals surface area contributed by atoms with E-state index in [1.54, 1.807) is 0 Å². The van der Waals surface area contributed by atoms with Crippen molar-refractivity contribution in [2.24, 2.45) is 0 Å². The zero-order valence-corrected chi connectivity index (χ0v) is 15.4. The van der Waals surface area contributed by atoms with Crippen molar-refractivity contribution in [2.75, 3.05) is 6.54 Å². The van der Waals surface area contributed by atoms with Crippen molar-refractivity contribution >= 4 is 29.2 Å². The molecule has 0 saturated heterocycles. The fourth-order valence-electron chi connectivity index (χ4n) is 1.98. The molecule has 18 heavy (non-hydrogen) atoms. The second-order valence-corrected chi connectivity index (χ2v) is 5.82. The minimum Gasteiger partial charge on any atom is -0.412 e. The molecule has 0 saturated carbocycles. The standard InChI is InChI=1S/C14H29NS2.Mo/c1-2-3-4-5-6-7-8-9-10-11-12-13-15-14(16)17;/h2-13H2,1H3,(H2,15,16,17);/p-1. The molecule has 0 aromatic rings. The first-order valence-electron chi connectivity index (χ1n) is 7.22. The molecule has 0 aliphatic carbocycles. The minimum atomic E-state index is 0. The first-order chi connectivity index (χ1) is 8.27. The Balaban J connectivity index is 0. The van der Waals surface area contributed by atoms with Crippen LogP contribution < -0.4 is 5.32 Å². The van der Waals surface area contributed by atoms with Crippen LogP contribution in [0.15, 0.2) is 0 Å². The van der Waals surface area contributed by atoms with Crippen molar-refractivity contribution in [2.45, 2.75) is 77.6 Å². The minimum absolute atomic E-state index is 0. The number of hydrogen-bond acceptors (Lipinski definition) is 2. The van der Waals surface area contributed by atoms with Crippen molar-refractivity contribution in [3.63, 3.8) is 0 Å². The van der Waals surface area contributed by atoms with Crippen molar-refractivity contribution in [1.82, 2.24) is 5.32 Å². The molecule has 0 amide bonds. The molecule has 0 aromatic carbocycles. The maximum absolute atomic E-state index is 4.78. The molecule has 0 unspecified atom stereocenters. The molecule has 0 fully saturated rings. The van der Waals surface area contributed by atoms with E-state index in [1.165, 1.54) is 70.6 Å². The van der Waals surface area contributed by atoms with E-state index in [2.05, 4.69) is 12.2 Å². The number of unbranched alkanes of at least 4 members (excludes halogenated alkanes) is 10. The Kier molecular flexibility index (Phi) is 20.9. The molecular formula is C14H28MoNS2-. The van der Waals surface area contributed by atoms with Crippen molar-refractivity contribution in [3.8, 4) is 0 Å². The van der Waals surface area contributed by atoms with E-state index in [9.17, 15) is 0 Å². The van der Waals surface area contributed by atoms with Crippen molar-refractivity contribution in [1.29, 1.82) is 0 Å². The Morgan fingerprint density at radius 1 is 0.833 bits per heavy atom. The van der Waals surface area contributed by atoms with Gasteiger partial charge in [0.1, 0.15) is 0 Å². The quantitative estimate of drug-likeness (QED) is 0.231. The van der Waals surface area contributed by atoms with Crippen LogP contribution in [0.3, 0.4) is 0 Å². The topological polar surface area (TPSA) is 12.0 Å². The smallest absolute Gasteiger partial charge is 0.0132 e. The fourth-order valence-corrected chi connectivity index (χ4v) is 2.18. The predicted octanol–water partition coefficient (Wildman–Crippen LogP) is 4.72. The SMILES string of the molecule is CCCCCCCCCCCCCNC(=S)[S-].[Mo]. The maximum atomic E-state index is 4.78. The largest absolute Gasteiger partial charge is 0.412 e. The van der Waals surface area contributed by atoms with Gasteiger partial charge in [-0.1, -0.05) is 75.5 Å². The van der Waals surface area contributed by atoms with Crippen LogP contribution in [0.4, 0.5) is 0 Å². The van der Waals surface area contributed by atoms with Gasteiger partial charge in [0.25, 0.3) is 0 Å². The molecular weight excluding hydrogens is 342 g/mol. The van der Waals surface area contributed by atoms with Gasteiger partial charge >= 0.3 is 0 Å². The zero-order valence-electron chi connectivity index (χ0n) is 11.7. The summed E-state index contributed by atoms with van der Waals surface area (Å²) in [4.78, 5) is 0. The number of thiocarbonyl (C=S) groups is 1. The molecule has 0 aliphatic heterocycles. The van der Waals surface area contributed by atoms with E-state index in [4.69, 9.17) is 24.8 Å². The average Bonchev–Trinajstić information content (AvgIpc) is 2.30. The summed E-state index contributed by atoms with van der Waals surface area (Å²) in [6.07, 6.45) is 15.2. The summed E-state index contributed by atoms with van der Waals surface area (Å²) in [6.45, 7) is 3.23. The first kappa shape index (κ1) is 21.1. The van der Waals surface area contributed by atoms with Crippen LogP contribution in [0.1, 0.15) is 77.6 Å². The Bertz CT molecular complexity index is 177. The van der Waals surface area contributed by atoms with E-state index in [1.807, 2.05) is 0 Å². The van der Waals surface area contributed by atoms with E-state index in [0.717, 1.165) is 6.54 Å². The molecule has 0 aliphatic rings. The number of hydrogen-bond donors (Lipinski definition) is 1. The zero-order chi connectivity index (χ0) is 12.8. The van der Waals surface area contributed by atoms with E-state index >= 15 is 0 Å². The van der Waals surface area contributed by atoms with Gasteiger partial charge in [0.05, 0.1) is 0 Å². The van der Waals surface area contributed by atoms with Gasteiger partial charge in [0.2, 0.25) is 0 Å². The van der Waals surface area contributed by atoms with E-state index in [0.29, 0.717) is 4.32 Å². The number of nitrogens with one attached hydrogen (secondary N) is 1. The molecule has 0 atom stereocenters. The Morgan fingerprint density at radius 2 is 1.22 bits per heavy atom. The monoisotopic (exact) mass is 372 g/mol. The van der Waals surface area contributed by atoms with Crippen LogP contribution in [-0.4, -0.2) is 10.9 Å². The van der Waals surface area contributed by atoms with Gasteiger partial charge in [-0.15, -0.1) is 0 Å². The molecule has 0 spiro atoms. The van der Waals surface area contributed by atoms with Gasteiger partial charge in [-0.05, 0) is 6.42 Å². The van der Waals surface area contributed by atoms with Gasteiger partial charge in [-0.3, -0.25) is 0 Å². The second kappa shape index (κ2) is 17.8. The first-order valence-corrected chi connectivity index (χ1v) is 8.04.